The van der Waals surface area contributed by atoms with Crippen LogP contribution in [0.1, 0.15) is 53.9 Å². The highest BCUT2D eigenvalue weighted by Gasteiger charge is 2.28. The quantitative estimate of drug-likeness (QED) is 0.470. The van der Waals surface area contributed by atoms with E-state index >= 15 is 0 Å². The maximum atomic E-state index is 14.2. The minimum Gasteiger partial charge on any atom is -0.462 e. The summed E-state index contributed by atoms with van der Waals surface area (Å²) in [5.74, 6) is -2.51. The van der Waals surface area contributed by atoms with Gasteiger partial charge in [-0.05, 0) is 31.7 Å². The van der Waals surface area contributed by atoms with E-state index in [-0.39, 0.29) is 34.9 Å². The molecule has 4 nitrogen and oxygen atoms in total. The summed E-state index contributed by atoms with van der Waals surface area (Å²) in [5.41, 5.74) is -0.0925. The van der Waals surface area contributed by atoms with Gasteiger partial charge in [-0.15, -0.1) is 11.8 Å². The van der Waals surface area contributed by atoms with Crippen LogP contribution in [0.2, 0.25) is 0 Å². The van der Waals surface area contributed by atoms with Gasteiger partial charge in [0.25, 0.3) is 0 Å². The molecule has 2 atom stereocenters. The highest BCUT2D eigenvalue weighted by Crippen LogP contribution is 2.34. The van der Waals surface area contributed by atoms with Crippen molar-refractivity contribution in [3.05, 3.63) is 23.8 Å². The van der Waals surface area contributed by atoms with Crippen molar-refractivity contribution in [3.63, 3.8) is 0 Å². The van der Waals surface area contributed by atoms with Gasteiger partial charge < -0.3 is 10.1 Å². The van der Waals surface area contributed by atoms with Gasteiger partial charge in [-0.2, -0.15) is 0 Å². The van der Waals surface area contributed by atoms with Crippen LogP contribution in [0.3, 0.4) is 0 Å². The molecule has 1 N–H and O–H groups in total. The number of rotatable bonds is 9. The van der Waals surface area contributed by atoms with Gasteiger partial charge in [0.2, 0.25) is 5.91 Å². The zero-order valence-corrected chi connectivity index (χ0v) is 16.7. The molecule has 1 aromatic carbocycles. The standard InChI is InChI=1S/C19H27F2NO3S/c1-6-8-17(23)22-15-10-16(14(21)9-13(15)20)26-18(11(3)4)19(24)25-12(5)7-2/h9-12,18H,6-8H2,1-5H3,(H,22,23). The van der Waals surface area contributed by atoms with Crippen LogP contribution >= 0.6 is 11.8 Å². The van der Waals surface area contributed by atoms with Crippen molar-refractivity contribution in [1.29, 1.82) is 0 Å². The van der Waals surface area contributed by atoms with Crippen molar-refractivity contribution < 1.29 is 23.1 Å². The van der Waals surface area contributed by atoms with Crippen molar-refractivity contribution >= 4 is 29.3 Å². The molecule has 0 aliphatic carbocycles. The molecule has 0 aliphatic rings. The van der Waals surface area contributed by atoms with E-state index in [9.17, 15) is 18.4 Å². The topological polar surface area (TPSA) is 55.4 Å². The van der Waals surface area contributed by atoms with Crippen molar-refractivity contribution in [1.82, 2.24) is 0 Å². The van der Waals surface area contributed by atoms with Gasteiger partial charge in [-0.1, -0.05) is 27.7 Å². The van der Waals surface area contributed by atoms with Gasteiger partial charge in [0.15, 0.2) is 0 Å². The summed E-state index contributed by atoms with van der Waals surface area (Å²) in [4.78, 5) is 24.2. The first-order valence-electron chi connectivity index (χ1n) is 8.85. The monoisotopic (exact) mass is 387 g/mol. The molecule has 0 radical (unpaired) electrons. The number of hydrogen-bond acceptors (Lipinski definition) is 4. The van der Waals surface area contributed by atoms with Crippen LogP contribution in [0, 0.1) is 17.6 Å². The number of benzene rings is 1. The van der Waals surface area contributed by atoms with Crippen molar-refractivity contribution in [2.24, 2.45) is 5.92 Å². The highest BCUT2D eigenvalue weighted by molar-refractivity contribution is 8.00. The second-order valence-electron chi connectivity index (χ2n) is 6.50. The second kappa shape index (κ2) is 10.5. The van der Waals surface area contributed by atoms with E-state index in [2.05, 4.69) is 5.32 Å². The predicted octanol–water partition coefficient (Wildman–Crippen LogP) is 5.16. The molecule has 1 rings (SSSR count). The summed E-state index contributed by atoms with van der Waals surface area (Å²) in [6, 6.07) is 1.95. The number of hydrogen-bond donors (Lipinski definition) is 1. The summed E-state index contributed by atoms with van der Waals surface area (Å²) >= 11 is 0.980. The van der Waals surface area contributed by atoms with Crippen LogP contribution in [0.15, 0.2) is 17.0 Å². The smallest absolute Gasteiger partial charge is 0.319 e. The molecule has 0 bridgehead atoms. The molecule has 0 saturated heterocycles. The fraction of sp³-hybridized carbons (Fsp3) is 0.579. The summed E-state index contributed by atoms with van der Waals surface area (Å²) in [6.07, 6.45) is 1.31. The predicted molar refractivity (Wildman–Crippen MR) is 100 cm³/mol. The number of nitrogens with one attached hydrogen (secondary N) is 1. The average molecular weight is 387 g/mol. The SMILES string of the molecule is CCCC(=O)Nc1cc(SC(C(=O)OC(C)CC)C(C)C)c(F)cc1F. The Bertz CT molecular complexity index is 637. The first kappa shape index (κ1) is 22.4. The third kappa shape index (κ3) is 6.59. The number of ether oxygens (including phenoxy) is 1. The van der Waals surface area contributed by atoms with Gasteiger partial charge in [0.05, 0.1) is 11.8 Å². The molecule has 26 heavy (non-hydrogen) atoms. The lowest BCUT2D eigenvalue weighted by Gasteiger charge is -2.22. The molecule has 2 unspecified atom stereocenters. The van der Waals surface area contributed by atoms with Gasteiger partial charge in [0.1, 0.15) is 16.9 Å². The van der Waals surface area contributed by atoms with Crippen molar-refractivity contribution in [2.75, 3.05) is 5.32 Å². The molecule has 0 spiro atoms. The Morgan fingerprint density at radius 2 is 1.81 bits per heavy atom. The minimum atomic E-state index is -0.848. The number of anilines is 1. The Balaban J connectivity index is 3.04. The summed E-state index contributed by atoms with van der Waals surface area (Å²) in [6.45, 7) is 9.19. The number of carbonyl (C=O) groups is 2. The Labute approximate surface area is 158 Å². The molecule has 146 valence electrons. The Morgan fingerprint density at radius 1 is 1.15 bits per heavy atom. The molecule has 7 heteroatoms. The number of amides is 1. The Morgan fingerprint density at radius 3 is 2.35 bits per heavy atom. The second-order valence-corrected chi connectivity index (χ2v) is 7.68. The van der Waals surface area contributed by atoms with E-state index in [0.29, 0.717) is 12.8 Å². The molecule has 0 heterocycles. The van der Waals surface area contributed by atoms with Crippen LogP contribution in [0.25, 0.3) is 0 Å². The van der Waals surface area contributed by atoms with Crippen LogP contribution in [-0.4, -0.2) is 23.2 Å². The fourth-order valence-electron chi connectivity index (χ4n) is 2.10. The van der Waals surface area contributed by atoms with Crippen LogP contribution in [0.4, 0.5) is 14.5 Å². The third-order valence-corrected chi connectivity index (χ3v) is 5.31. The highest BCUT2D eigenvalue weighted by atomic mass is 32.2. The summed E-state index contributed by atoms with van der Waals surface area (Å²) in [7, 11) is 0. The van der Waals surface area contributed by atoms with E-state index < -0.39 is 22.9 Å². The van der Waals surface area contributed by atoms with E-state index in [1.54, 1.807) is 6.92 Å². The maximum absolute atomic E-state index is 14.2. The normalized spacial score (nSPS) is 13.4. The minimum absolute atomic E-state index is 0.0925. The first-order valence-corrected chi connectivity index (χ1v) is 9.73. The zero-order valence-electron chi connectivity index (χ0n) is 15.9. The third-order valence-electron chi connectivity index (χ3n) is 3.76. The van der Waals surface area contributed by atoms with Gasteiger partial charge >= 0.3 is 5.97 Å². The number of esters is 1. The average Bonchev–Trinajstić information content (AvgIpc) is 2.55. The van der Waals surface area contributed by atoms with Crippen LogP contribution in [0.5, 0.6) is 0 Å². The molecule has 1 amide bonds. The molecule has 1 aromatic rings. The number of carbonyl (C=O) groups excluding carboxylic acids is 2. The maximum Gasteiger partial charge on any atom is 0.319 e. The van der Waals surface area contributed by atoms with E-state index in [1.807, 2.05) is 27.7 Å². The van der Waals surface area contributed by atoms with E-state index in [0.717, 1.165) is 17.8 Å². The first-order chi connectivity index (χ1) is 12.2. The molecular weight excluding hydrogens is 360 g/mol. The lowest BCUT2D eigenvalue weighted by atomic mass is 10.1. The lowest BCUT2D eigenvalue weighted by Crippen LogP contribution is -2.28. The molecule has 0 aliphatic heterocycles. The number of halogens is 2. The van der Waals surface area contributed by atoms with Gasteiger partial charge in [0, 0.05) is 17.4 Å². The fourth-order valence-corrected chi connectivity index (χ4v) is 3.15. The molecule has 0 saturated carbocycles. The Kier molecular flexibility index (Phi) is 9.05. The van der Waals surface area contributed by atoms with E-state index in [4.69, 9.17) is 4.74 Å². The van der Waals surface area contributed by atoms with Crippen LogP contribution < -0.4 is 5.32 Å². The largest absolute Gasteiger partial charge is 0.462 e. The van der Waals surface area contributed by atoms with Crippen molar-refractivity contribution in [3.8, 4) is 0 Å². The van der Waals surface area contributed by atoms with Gasteiger partial charge in [-0.25, -0.2) is 8.78 Å². The van der Waals surface area contributed by atoms with E-state index in [1.165, 1.54) is 6.07 Å². The summed E-state index contributed by atoms with van der Waals surface area (Å²) < 4.78 is 33.5. The van der Waals surface area contributed by atoms with Crippen LogP contribution in [-0.2, 0) is 14.3 Å². The molecule has 0 aromatic heterocycles. The lowest BCUT2D eigenvalue weighted by molar-refractivity contribution is -0.148. The van der Waals surface area contributed by atoms with Crippen molar-refractivity contribution in [2.45, 2.75) is 70.1 Å². The number of thioether (sulfide) groups is 1. The zero-order chi connectivity index (χ0) is 19.9. The van der Waals surface area contributed by atoms with Gasteiger partial charge in [-0.3, -0.25) is 9.59 Å². The Hall–Kier alpha value is -1.63. The summed E-state index contributed by atoms with van der Waals surface area (Å²) in [5, 5.41) is 1.81. The molecule has 0 fully saturated rings. The molecular formula is C19H27F2NO3S.